The van der Waals surface area contributed by atoms with Crippen molar-refractivity contribution in [2.45, 2.75) is 17.5 Å². The largest absolute Gasteiger partial charge is 0.331 e. The van der Waals surface area contributed by atoms with Crippen LogP contribution in [0.5, 0.6) is 0 Å². The molecule has 1 aromatic heterocycles. The minimum Gasteiger partial charge on any atom is -0.331 e. The van der Waals surface area contributed by atoms with Crippen LogP contribution in [0.4, 0.5) is 10.5 Å². The van der Waals surface area contributed by atoms with E-state index in [1.165, 1.54) is 11.8 Å². The van der Waals surface area contributed by atoms with Gasteiger partial charge in [0.2, 0.25) is 0 Å². The number of amides is 2. The molecule has 0 saturated heterocycles. The van der Waals surface area contributed by atoms with Crippen LogP contribution in [0.25, 0.3) is 5.69 Å². The van der Waals surface area contributed by atoms with Crippen molar-refractivity contribution in [1.82, 2.24) is 20.1 Å². The molecule has 0 saturated carbocycles. The standard InChI is InChI=1S/C23H18Cl3N5OS/c24-16-7-4-8-18(11-16)28-22(32)27-13-21-29-30-23(33-14-15-5-2-1-3-6-15)31(21)20-12-17(25)9-10-19(20)26/h1-12H,13-14H2,(H2,27,28,32). The number of urea groups is 1. The van der Waals surface area contributed by atoms with E-state index in [0.29, 0.717) is 43.2 Å². The minimum atomic E-state index is -0.400. The van der Waals surface area contributed by atoms with Crippen molar-refractivity contribution >= 4 is 58.3 Å². The molecule has 0 aliphatic rings. The second-order valence-electron chi connectivity index (χ2n) is 6.92. The molecule has 4 rings (SSSR count). The molecule has 10 heteroatoms. The Morgan fingerprint density at radius 1 is 0.909 bits per heavy atom. The first-order chi connectivity index (χ1) is 16.0. The first kappa shape index (κ1) is 23.4. The highest BCUT2D eigenvalue weighted by molar-refractivity contribution is 7.98. The molecule has 0 bridgehead atoms. The van der Waals surface area contributed by atoms with Gasteiger partial charge in [0.1, 0.15) is 0 Å². The molecular formula is C23H18Cl3N5OS. The number of nitrogens with zero attached hydrogens (tertiary/aromatic N) is 3. The van der Waals surface area contributed by atoms with Gasteiger partial charge in [-0.25, -0.2) is 4.79 Å². The molecule has 0 fully saturated rings. The summed E-state index contributed by atoms with van der Waals surface area (Å²) in [6.45, 7) is 0.119. The van der Waals surface area contributed by atoms with Gasteiger partial charge in [-0.2, -0.15) is 0 Å². The van der Waals surface area contributed by atoms with Crippen LogP contribution in [0.2, 0.25) is 15.1 Å². The topological polar surface area (TPSA) is 71.8 Å². The van der Waals surface area contributed by atoms with Crippen molar-refractivity contribution in [1.29, 1.82) is 0 Å². The molecule has 0 unspecified atom stereocenters. The molecule has 0 atom stereocenters. The number of rotatable bonds is 7. The molecule has 4 aromatic rings. The fourth-order valence-corrected chi connectivity index (χ4v) is 4.51. The van der Waals surface area contributed by atoms with Gasteiger partial charge < -0.3 is 10.6 Å². The zero-order valence-corrected chi connectivity index (χ0v) is 20.2. The maximum atomic E-state index is 12.4. The van der Waals surface area contributed by atoms with Gasteiger partial charge in [-0.3, -0.25) is 4.57 Å². The van der Waals surface area contributed by atoms with Crippen LogP contribution in [-0.2, 0) is 12.3 Å². The Hall–Kier alpha value is -2.71. The lowest BCUT2D eigenvalue weighted by molar-refractivity contribution is 0.251. The van der Waals surface area contributed by atoms with Crippen molar-refractivity contribution in [2.75, 3.05) is 5.32 Å². The molecule has 2 N–H and O–H groups in total. The molecule has 3 aromatic carbocycles. The smallest absolute Gasteiger partial charge is 0.319 e. The van der Waals surface area contributed by atoms with E-state index in [9.17, 15) is 4.79 Å². The van der Waals surface area contributed by atoms with E-state index in [4.69, 9.17) is 34.8 Å². The molecule has 0 spiro atoms. The highest BCUT2D eigenvalue weighted by Crippen LogP contribution is 2.31. The summed E-state index contributed by atoms with van der Waals surface area (Å²) >= 11 is 20.2. The summed E-state index contributed by atoms with van der Waals surface area (Å²) in [4.78, 5) is 12.4. The number of hydrogen-bond donors (Lipinski definition) is 2. The van der Waals surface area contributed by atoms with Gasteiger partial charge in [-0.05, 0) is 42.0 Å². The zero-order valence-electron chi connectivity index (χ0n) is 17.1. The molecular weight excluding hydrogens is 501 g/mol. The van der Waals surface area contributed by atoms with Crippen LogP contribution < -0.4 is 10.6 Å². The minimum absolute atomic E-state index is 0.119. The molecule has 6 nitrogen and oxygen atoms in total. The average molecular weight is 519 g/mol. The van der Waals surface area contributed by atoms with Crippen LogP contribution in [0.15, 0.2) is 78.0 Å². The predicted molar refractivity (Wildman–Crippen MR) is 135 cm³/mol. The van der Waals surface area contributed by atoms with Gasteiger partial charge >= 0.3 is 6.03 Å². The molecule has 33 heavy (non-hydrogen) atoms. The lowest BCUT2D eigenvalue weighted by Gasteiger charge is -2.13. The highest BCUT2D eigenvalue weighted by atomic mass is 35.5. The Kier molecular flexibility index (Phi) is 7.77. The van der Waals surface area contributed by atoms with Crippen molar-refractivity contribution < 1.29 is 4.79 Å². The molecule has 0 aliphatic heterocycles. The lowest BCUT2D eigenvalue weighted by atomic mass is 10.2. The SMILES string of the molecule is O=C(NCc1nnc(SCc2ccccc2)n1-c1cc(Cl)ccc1Cl)Nc1cccc(Cl)c1. The summed E-state index contributed by atoms with van der Waals surface area (Å²) in [7, 11) is 0. The van der Waals surface area contributed by atoms with Gasteiger partial charge in [-0.15, -0.1) is 10.2 Å². The molecule has 2 amide bonds. The summed E-state index contributed by atoms with van der Waals surface area (Å²) in [5.41, 5.74) is 2.37. The summed E-state index contributed by atoms with van der Waals surface area (Å²) in [6.07, 6.45) is 0. The number of carbonyl (C=O) groups excluding carboxylic acids is 1. The van der Waals surface area contributed by atoms with E-state index < -0.39 is 6.03 Å². The van der Waals surface area contributed by atoms with Crippen LogP contribution in [-0.4, -0.2) is 20.8 Å². The van der Waals surface area contributed by atoms with Crippen molar-refractivity contribution in [2.24, 2.45) is 0 Å². The second-order valence-corrected chi connectivity index (χ2v) is 9.14. The fraction of sp³-hybridized carbons (Fsp3) is 0.0870. The number of nitrogens with one attached hydrogen (secondary N) is 2. The van der Waals surface area contributed by atoms with E-state index >= 15 is 0 Å². The van der Waals surface area contributed by atoms with Gasteiger partial charge in [-0.1, -0.05) is 83.0 Å². The monoisotopic (exact) mass is 517 g/mol. The van der Waals surface area contributed by atoms with Gasteiger partial charge in [0.25, 0.3) is 0 Å². The second kappa shape index (κ2) is 10.9. The summed E-state index contributed by atoms with van der Waals surface area (Å²) < 4.78 is 1.81. The molecule has 0 aliphatic carbocycles. The summed E-state index contributed by atoms with van der Waals surface area (Å²) in [6, 6.07) is 21.7. The lowest BCUT2D eigenvalue weighted by Crippen LogP contribution is -2.29. The number of carbonyl (C=O) groups is 1. The van der Waals surface area contributed by atoms with E-state index in [1.54, 1.807) is 42.5 Å². The Morgan fingerprint density at radius 2 is 1.70 bits per heavy atom. The Morgan fingerprint density at radius 3 is 2.48 bits per heavy atom. The van der Waals surface area contributed by atoms with Crippen LogP contribution >= 0.6 is 46.6 Å². The normalized spacial score (nSPS) is 10.8. The molecule has 1 heterocycles. The van der Waals surface area contributed by atoms with Crippen molar-refractivity contribution in [3.8, 4) is 5.69 Å². The third-order valence-electron chi connectivity index (χ3n) is 4.55. The van der Waals surface area contributed by atoms with E-state index in [0.717, 1.165) is 5.56 Å². The Balaban J connectivity index is 1.56. The predicted octanol–water partition coefficient (Wildman–Crippen LogP) is 6.84. The van der Waals surface area contributed by atoms with E-state index in [-0.39, 0.29) is 6.54 Å². The number of benzene rings is 3. The number of thioether (sulfide) groups is 1. The van der Waals surface area contributed by atoms with Crippen LogP contribution in [0, 0.1) is 0 Å². The zero-order chi connectivity index (χ0) is 23.2. The van der Waals surface area contributed by atoms with Crippen molar-refractivity contribution in [3.63, 3.8) is 0 Å². The first-order valence-corrected chi connectivity index (χ1v) is 12.0. The quantitative estimate of drug-likeness (QED) is 0.263. The van der Waals surface area contributed by atoms with Crippen LogP contribution in [0.3, 0.4) is 0 Å². The highest BCUT2D eigenvalue weighted by Gasteiger charge is 2.18. The molecule has 0 radical (unpaired) electrons. The van der Waals surface area contributed by atoms with Gasteiger partial charge in [0.15, 0.2) is 11.0 Å². The number of hydrogen-bond acceptors (Lipinski definition) is 4. The Labute approximate surface area is 210 Å². The fourth-order valence-electron chi connectivity index (χ4n) is 3.03. The third-order valence-corrected chi connectivity index (χ3v) is 6.34. The third kappa shape index (κ3) is 6.21. The Bertz CT molecular complexity index is 1270. The maximum absolute atomic E-state index is 12.4. The van der Waals surface area contributed by atoms with Crippen LogP contribution in [0.1, 0.15) is 11.4 Å². The van der Waals surface area contributed by atoms with Gasteiger partial charge in [0, 0.05) is 21.5 Å². The number of aromatic nitrogens is 3. The summed E-state index contributed by atoms with van der Waals surface area (Å²) in [5, 5.41) is 16.4. The van der Waals surface area contributed by atoms with Gasteiger partial charge in [0.05, 0.1) is 17.3 Å². The number of halogens is 3. The summed E-state index contributed by atoms with van der Waals surface area (Å²) in [5.74, 6) is 1.20. The average Bonchev–Trinajstić information content (AvgIpc) is 3.21. The number of anilines is 1. The maximum Gasteiger partial charge on any atom is 0.319 e. The molecule has 168 valence electrons. The van der Waals surface area contributed by atoms with Crippen molar-refractivity contribution in [3.05, 3.63) is 99.3 Å². The first-order valence-electron chi connectivity index (χ1n) is 9.86. The van der Waals surface area contributed by atoms with E-state index in [2.05, 4.69) is 20.8 Å². The van der Waals surface area contributed by atoms with E-state index in [1.807, 2.05) is 34.9 Å².